The maximum absolute atomic E-state index is 12.5. The van der Waals surface area contributed by atoms with E-state index in [1.54, 1.807) is 37.3 Å². The lowest BCUT2D eigenvalue weighted by atomic mass is 10.1. The van der Waals surface area contributed by atoms with E-state index in [1.165, 1.54) is 24.8 Å². The number of esters is 1. The van der Waals surface area contributed by atoms with Gasteiger partial charge in [-0.1, -0.05) is 0 Å². The van der Waals surface area contributed by atoms with Gasteiger partial charge in [0, 0.05) is 6.20 Å². The lowest BCUT2D eigenvalue weighted by Crippen LogP contribution is -2.21. The van der Waals surface area contributed by atoms with Crippen molar-refractivity contribution < 1.29 is 32.3 Å². The normalized spacial score (nSPS) is 10.4. The van der Waals surface area contributed by atoms with Gasteiger partial charge in [0.1, 0.15) is 23.0 Å². The fourth-order valence-corrected chi connectivity index (χ4v) is 3.03. The van der Waals surface area contributed by atoms with Crippen LogP contribution in [0.2, 0.25) is 0 Å². The van der Waals surface area contributed by atoms with Gasteiger partial charge in [0.25, 0.3) is 5.91 Å². The van der Waals surface area contributed by atoms with Crippen LogP contribution in [0.4, 0.5) is 5.88 Å². The molecular formula is C23H17N3O7. The van der Waals surface area contributed by atoms with Crippen molar-refractivity contribution >= 4 is 17.8 Å². The summed E-state index contributed by atoms with van der Waals surface area (Å²) >= 11 is 0. The highest BCUT2D eigenvalue weighted by Gasteiger charge is 2.27. The summed E-state index contributed by atoms with van der Waals surface area (Å²) in [6.07, 6.45) is 4.37. The number of carbonyl (C=O) groups is 2. The zero-order valence-corrected chi connectivity index (χ0v) is 17.4. The van der Waals surface area contributed by atoms with E-state index in [0.29, 0.717) is 23.7 Å². The molecule has 0 aliphatic carbocycles. The van der Waals surface area contributed by atoms with Gasteiger partial charge in [-0.25, -0.2) is 9.78 Å². The van der Waals surface area contributed by atoms with Gasteiger partial charge in [-0.15, -0.1) is 0 Å². The Morgan fingerprint density at radius 1 is 1.12 bits per heavy atom. The average Bonchev–Trinajstić information content (AvgIpc) is 3.58. The van der Waals surface area contributed by atoms with E-state index in [-0.39, 0.29) is 28.7 Å². The maximum Gasteiger partial charge on any atom is 0.344 e. The summed E-state index contributed by atoms with van der Waals surface area (Å²) < 4.78 is 26.9. The first-order chi connectivity index (χ1) is 16.1. The van der Waals surface area contributed by atoms with Crippen LogP contribution in [0.15, 0.2) is 68.4 Å². The number of nitriles is 1. The number of amides is 1. The number of ether oxygens (including phenoxy) is 2. The third kappa shape index (κ3) is 4.47. The highest BCUT2D eigenvalue weighted by atomic mass is 16.5. The third-order valence-corrected chi connectivity index (χ3v) is 4.39. The molecule has 4 aromatic rings. The largest absolute Gasteiger partial charge is 0.477 e. The molecule has 0 atom stereocenters. The Labute approximate surface area is 187 Å². The minimum atomic E-state index is -0.783. The summed E-state index contributed by atoms with van der Waals surface area (Å²) in [6, 6.07) is 11.6. The Bertz CT molecular complexity index is 1300. The molecule has 0 bridgehead atoms. The summed E-state index contributed by atoms with van der Waals surface area (Å²) in [5.41, 5.74) is 0.437. The van der Waals surface area contributed by atoms with Gasteiger partial charge in [-0.3, -0.25) is 10.1 Å². The first kappa shape index (κ1) is 21.5. The van der Waals surface area contributed by atoms with E-state index in [4.69, 9.17) is 22.7 Å². The van der Waals surface area contributed by atoms with Crippen molar-refractivity contribution in [1.82, 2.24) is 4.98 Å². The summed E-state index contributed by atoms with van der Waals surface area (Å²) in [4.78, 5) is 28.8. The molecule has 0 aliphatic rings. The fraction of sp³-hybridized carbons (Fsp3) is 0.130. The lowest BCUT2D eigenvalue weighted by Gasteiger charge is -2.08. The molecule has 166 valence electrons. The minimum absolute atomic E-state index is 0.0296. The molecule has 0 spiro atoms. The van der Waals surface area contributed by atoms with E-state index >= 15 is 0 Å². The predicted molar refractivity (Wildman–Crippen MR) is 113 cm³/mol. The number of rotatable bonds is 8. The second-order valence-electron chi connectivity index (χ2n) is 6.49. The molecule has 1 amide bonds. The molecule has 4 aromatic heterocycles. The van der Waals surface area contributed by atoms with Crippen molar-refractivity contribution in [3.8, 4) is 34.8 Å². The third-order valence-electron chi connectivity index (χ3n) is 4.39. The van der Waals surface area contributed by atoms with Crippen molar-refractivity contribution in [1.29, 1.82) is 5.26 Å². The van der Waals surface area contributed by atoms with Gasteiger partial charge in [0.05, 0.1) is 24.7 Å². The quantitative estimate of drug-likeness (QED) is 0.392. The Balaban J connectivity index is 1.54. The molecule has 0 saturated heterocycles. The Morgan fingerprint density at radius 3 is 2.55 bits per heavy atom. The molecule has 0 aromatic carbocycles. The van der Waals surface area contributed by atoms with E-state index in [1.807, 2.05) is 6.07 Å². The summed E-state index contributed by atoms with van der Waals surface area (Å²) in [5.74, 6) is -0.627. The van der Waals surface area contributed by atoms with Gasteiger partial charge in [0.2, 0.25) is 11.8 Å². The predicted octanol–water partition coefficient (Wildman–Crippen LogP) is 4.26. The molecule has 0 radical (unpaired) electrons. The number of carbonyl (C=O) groups excluding carboxylic acids is 2. The Hall–Kier alpha value is -4.78. The van der Waals surface area contributed by atoms with Gasteiger partial charge in [-0.2, -0.15) is 5.26 Å². The zero-order chi connectivity index (χ0) is 23.2. The van der Waals surface area contributed by atoms with Gasteiger partial charge in [0.15, 0.2) is 18.1 Å². The molecule has 10 nitrogen and oxygen atoms in total. The molecule has 4 rings (SSSR count). The number of furan rings is 3. The van der Waals surface area contributed by atoms with Crippen molar-refractivity contribution in [2.24, 2.45) is 0 Å². The number of pyridine rings is 1. The maximum atomic E-state index is 12.5. The highest BCUT2D eigenvalue weighted by Crippen LogP contribution is 2.41. The number of hydrogen-bond donors (Lipinski definition) is 1. The molecule has 33 heavy (non-hydrogen) atoms. The zero-order valence-electron chi connectivity index (χ0n) is 17.4. The van der Waals surface area contributed by atoms with Crippen LogP contribution in [-0.2, 0) is 9.53 Å². The van der Waals surface area contributed by atoms with E-state index in [2.05, 4.69) is 10.3 Å². The van der Waals surface area contributed by atoms with E-state index < -0.39 is 18.5 Å². The monoisotopic (exact) mass is 447 g/mol. The second kappa shape index (κ2) is 9.57. The fourth-order valence-electron chi connectivity index (χ4n) is 3.03. The summed E-state index contributed by atoms with van der Waals surface area (Å²) in [5, 5.41) is 12.2. The molecule has 0 fully saturated rings. The minimum Gasteiger partial charge on any atom is -0.477 e. The Morgan fingerprint density at radius 2 is 1.88 bits per heavy atom. The first-order valence-electron chi connectivity index (χ1n) is 9.81. The number of nitrogens with one attached hydrogen (secondary N) is 1. The molecule has 0 saturated carbocycles. The SMILES string of the molecule is CCOc1ncccc1C(=O)OCC(=O)Nc1oc(-c2ccco2)c(-c2ccco2)c1C#N. The van der Waals surface area contributed by atoms with Gasteiger partial charge >= 0.3 is 5.97 Å². The molecule has 4 heterocycles. The molecule has 0 unspecified atom stereocenters. The van der Waals surface area contributed by atoms with Crippen LogP contribution in [-0.4, -0.2) is 30.1 Å². The van der Waals surface area contributed by atoms with Crippen LogP contribution in [0.1, 0.15) is 22.8 Å². The summed E-state index contributed by atoms with van der Waals surface area (Å²) in [6.45, 7) is 1.43. The first-order valence-corrected chi connectivity index (χ1v) is 9.81. The topological polar surface area (TPSA) is 141 Å². The van der Waals surface area contributed by atoms with Crippen LogP contribution in [0, 0.1) is 11.3 Å². The van der Waals surface area contributed by atoms with E-state index in [9.17, 15) is 14.9 Å². The summed E-state index contributed by atoms with van der Waals surface area (Å²) in [7, 11) is 0. The Kier molecular flexibility index (Phi) is 6.22. The number of anilines is 1. The van der Waals surface area contributed by atoms with Crippen LogP contribution in [0.3, 0.4) is 0 Å². The standard InChI is InChI=1S/C23H17N3O7/c1-2-29-21-14(6-3-9-25-21)23(28)32-13-18(27)26-22-15(12-24)19(16-7-4-10-30-16)20(33-22)17-8-5-11-31-17/h3-11H,2,13H2,1H3,(H,26,27). The molecule has 10 heteroatoms. The van der Waals surface area contributed by atoms with Crippen molar-refractivity contribution in [2.75, 3.05) is 18.5 Å². The smallest absolute Gasteiger partial charge is 0.344 e. The van der Waals surface area contributed by atoms with Crippen LogP contribution < -0.4 is 10.1 Å². The van der Waals surface area contributed by atoms with Crippen LogP contribution in [0.25, 0.3) is 22.8 Å². The van der Waals surface area contributed by atoms with Gasteiger partial charge < -0.3 is 22.7 Å². The molecule has 1 N–H and O–H groups in total. The van der Waals surface area contributed by atoms with Crippen LogP contribution in [0.5, 0.6) is 5.88 Å². The van der Waals surface area contributed by atoms with Crippen molar-refractivity contribution in [3.63, 3.8) is 0 Å². The second-order valence-corrected chi connectivity index (χ2v) is 6.49. The van der Waals surface area contributed by atoms with E-state index in [0.717, 1.165) is 0 Å². The van der Waals surface area contributed by atoms with Crippen molar-refractivity contribution in [2.45, 2.75) is 6.92 Å². The average molecular weight is 447 g/mol. The molecular weight excluding hydrogens is 430 g/mol. The number of hydrogen-bond acceptors (Lipinski definition) is 9. The molecule has 0 aliphatic heterocycles. The lowest BCUT2D eigenvalue weighted by molar-refractivity contribution is -0.119. The van der Waals surface area contributed by atoms with Gasteiger partial charge in [-0.05, 0) is 43.3 Å². The highest BCUT2D eigenvalue weighted by molar-refractivity contribution is 5.98. The number of nitrogens with zero attached hydrogens (tertiary/aromatic N) is 2. The number of aromatic nitrogens is 1. The van der Waals surface area contributed by atoms with Crippen molar-refractivity contribution in [3.05, 3.63) is 66.2 Å². The van der Waals surface area contributed by atoms with Crippen LogP contribution >= 0.6 is 0 Å².